The number of amides is 1. The van der Waals surface area contributed by atoms with E-state index in [0.717, 1.165) is 38.8 Å². The minimum absolute atomic E-state index is 0.119. The molecular weight excluding hydrogens is 266 g/mol. The maximum absolute atomic E-state index is 11.8. The van der Waals surface area contributed by atoms with E-state index in [2.05, 4.69) is 15.4 Å². The molecule has 0 atom stereocenters. The third-order valence-corrected chi connectivity index (χ3v) is 5.01. The van der Waals surface area contributed by atoms with Gasteiger partial charge in [0.2, 0.25) is 15.9 Å². The number of carbonyl (C=O) groups is 1. The van der Waals surface area contributed by atoms with E-state index in [1.807, 2.05) is 0 Å². The molecule has 0 spiro atoms. The molecule has 1 saturated carbocycles. The summed E-state index contributed by atoms with van der Waals surface area (Å²) in [5.74, 6) is 0.375. The van der Waals surface area contributed by atoms with Crippen LogP contribution in [0.15, 0.2) is 0 Å². The molecule has 1 amide bonds. The van der Waals surface area contributed by atoms with Gasteiger partial charge in [-0.15, -0.1) is 0 Å². The second-order valence-electron chi connectivity index (χ2n) is 5.46. The van der Waals surface area contributed by atoms with Gasteiger partial charge in [-0.1, -0.05) is 0 Å². The third-order valence-electron chi connectivity index (χ3n) is 3.65. The van der Waals surface area contributed by atoms with Gasteiger partial charge in [-0.05, 0) is 51.1 Å². The van der Waals surface area contributed by atoms with Crippen molar-refractivity contribution in [2.75, 3.05) is 25.4 Å². The van der Waals surface area contributed by atoms with Gasteiger partial charge in [0, 0.05) is 6.04 Å². The molecule has 0 aromatic carbocycles. The summed E-state index contributed by atoms with van der Waals surface area (Å²) in [5, 5.41) is 6.02. The zero-order valence-electron chi connectivity index (χ0n) is 11.2. The Bertz CT molecular complexity index is 400. The highest BCUT2D eigenvalue weighted by Crippen LogP contribution is 2.18. The first-order valence-corrected chi connectivity index (χ1v) is 8.68. The maximum atomic E-state index is 11.8. The highest BCUT2D eigenvalue weighted by atomic mass is 32.2. The standard InChI is InChI=1S/C12H23N3O3S/c16-12(15-11-1-2-11)9-14-19(17,18)8-5-10-3-6-13-7-4-10/h10-11,13-14H,1-9H2,(H,15,16). The van der Waals surface area contributed by atoms with E-state index >= 15 is 0 Å². The topological polar surface area (TPSA) is 87.3 Å². The van der Waals surface area contributed by atoms with Crippen LogP contribution in [0, 0.1) is 5.92 Å². The van der Waals surface area contributed by atoms with Gasteiger partial charge in [-0.2, -0.15) is 0 Å². The van der Waals surface area contributed by atoms with Crippen molar-refractivity contribution in [3.05, 3.63) is 0 Å². The average molecular weight is 289 g/mol. The van der Waals surface area contributed by atoms with Crippen LogP contribution in [-0.2, 0) is 14.8 Å². The number of sulfonamides is 1. The maximum Gasteiger partial charge on any atom is 0.235 e. The zero-order valence-corrected chi connectivity index (χ0v) is 12.0. The summed E-state index contributed by atoms with van der Waals surface area (Å²) in [4.78, 5) is 11.4. The van der Waals surface area contributed by atoms with Crippen LogP contribution in [0.3, 0.4) is 0 Å². The minimum Gasteiger partial charge on any atom is -0.352 e. The SMILES string of the molecule is O=C(CNS(=O)(=O)CCC1CCNCC1)NC1CC1. The third kappa shape index (κ3) is 5.88. The Kier molecular flexibility index (Phi) is 5.18. The summed E-state index contributed by atoms with van der Waals surface area (Å²) in [6.45, 7) is 1.81. The van der Waals surface area contributed by atoms with Gasteiger partial charge in [0.05, 0.1) is 12.3 Å². The number of carbonyl (C=O) groups excluding carboxylic acids is 1. The normalized spacial score (nSPS) is 21.3. The van der Waals surface area contributed by atoms with E-state index in [0.29, 0.717) is 12.3 Å². The Balaban J connectivity index is 1.64. The molecule has 2 aliphatic rings. The second kappa shape index (κ2) is 6.67. The van der Waals surface area contributed by atoms with Crippen LogP contribution in [0.1, 0.15) is 32.1 Å². The summed E-state index contributed by atoms with van der Waals surface area (Å²) in [7, 11) is -3.32. The molecule has 0 aromatic heterocycles. The van der Waals surface area contributed by atoms with E-state index < -0.39 is 10.0 Å². The van der Waals surface area contributed by atoms with E-state index in [1.54, 1.807) is 0 Å². The molecule has 0 bridgehead atoms. The van der Waals surface area contributed by atoms with Crippen LogP contribution in [0.4, 0.5) is 0 Å². The molecule has 7 heteroatoms. The van der Waals surface area contributed by atoms with Crippen LogP contribution in [0.5, 0.6) is 0 Å². The van der Waals surface area contributed by atoms with Crippen LogP contribution < -0.4 is 15.4 Å². The monoisotopic (exact) mass is 289 g/mol. The Morgan fingerprint density at radius 1 is 1.16 bits per heavy atom. The predicted molar refractivity (Wildman–Crippen MR) is 73.2 cm³/mol. The molecule has 0 aromatic rings. The van der Waals surface area contributed by atoms with Crippen molar-refractivity contribution in [1.29, 1.82) is 0 Å². The number of rotatable bonds is 7. The van der Waals surface area contributed by atoms with Crippen LogP contribution >= 0.6 is 0 Å². The lowest BCUT2D eigenvalue weighted by Crippen LogP contribution is -2.39. The molecular formula is C12H23N3O3S. The predicted octanol–water partition coefficient (Wildman–Crippen LogP) is -0.426. The summed E-state index contributed by atoms with van der Waals surface area (Å²) >= 11 is 0. The molecule has 19 heavy (non-hydrogen) atoms. The fourth-order valence-corrected chi connectivity index (χ4v) is 3.39. The number of nitrogens with one attached hydrogen (secondary N) is 3. The van der Waals surface area contributed by atoms with Gasteiger partial charge in [0.1, 0.15) is 0 Å². The molecule has 0 radical (unpaired) electrons. The van der Waals surface area contributed by atoms with E-state index in [4.69, 9.17) is 0 Å². The molecule has 2 fully saturated rings. The Morgan fingerprint density at radius 2 is 1.84 bits per heavy atom. The lowest BCUT2D eigenvalue weighted by molar-refractivity contribution is -0.120. The lowest BCUT2D eigenvalue weighted by atomic mass is 9.96. The van der Waals surface area contributed by atoms with Gasteiger partial charge >= 0.3 is 0 Å². The van der Waals surface area contributed by atoms with Gasteiger partial charge in [0.25, 0.3) is 0 Å². The van der Waals surface area contributed by atoms with E-state index in [9.17, 15) is 13.2 Å². The molecule has 1 saturated heterocycles. The van der Waals surface area contributed by atoms with Crippen molar-refractivity contribution in [3.63, 3.8) is 0 Å². The van der Waals surface area contributed by atoms with Gasteiger partial charge in [-0.3, -0.25) is 4.79 Å². The van der Waals surface area contributed by atoms with Crippen LogP contribution in [0.25, 0.3) is 0 Å². The number of piperidine rings is 1. The Hall–Kier alpha value is -0.660. The van der Waals surface area contributed by atoms with Crippen molar-refractivity contribution in [2.24, 2.45) is 5.92 Å². The minimum atomic E-state index is -3.32. The molecule has 2 rings (SSSR count). The first kappa shape index (κ1) is 14.7. The van der Waals surface area contributed by atoms with Crippen molar-refractivity contribution >= 4 is 15.9 Å². The summed E-state index contributed by atoms with van der Waals surface area (Å²) in [5.41, 5.74) is 0. The zero-order chi connectivity index (χ0) is 13.7. The van der Waals surface area contributed by atoms with Gasteiger partial charge in [-0.25, -0.2) is 13.1 Å². The number of hydrogen-bond acceptors (Lipinski definition) is 4. The molecule has 1 heterocycles. The summed E-state index contributed by atoms with van der Waals surface area (Å²) in [6.07, 6.45) is 4.78. The average Bonchev–Trinajstić information content (AvgIpc) is 3.20. The quantitative estimate of drug-likeness (QED) is 0.594. The smallest absolute Gasteiger partial charge is 0.235 e. The highest BCUT2D eigenvalue weighted by molar-refractivity contribution is 7.89. The van der Waals surface area contributed by atoms with E-state index in [-0.39, 0.29) is 24.2 Å². The van der Waals surface area contributed by atoms with Crippen molar-refractivity contribution in [1.82, 2.24) is 15.4 Å². The van der Waals surface area contributed by atoms with Gasteiger partial charge in [0.15, 0.2) is 0 Å². The summed E-state index contributed by atoms with van der Waals surface area (Å²) in [6, 6.07) is 0.270. The fourth-order valence-electron chi connectivity index (χ4n) is 2.25. The van der Waals surface area contributed by atoms with E-state index in [1.165, 1.54) is 0 Å². The lowest BCUT2D eigenvalue weighted by Gasteiger charge is -2.22. The Labute approximate surface area is 114 Å². The van der Waals surface area contributed by atoms with Crippen molar-refractivity contribution in [2.45, 2.75) is 38.1 Å². The van der Waals surface area contributed by atoms with Crippen LogP contribution in [-0.4, -0.2) is 45.8 Å². The van der Waals surface area contributed by atoms with Crippen molar-refractivity contribution < 1.29 is 13.2 Å². The molecule has 3 N–H and O–H groups in total. The molecule has 0 unspecified atom stereocenters. The van der Waals surface area contributed by atoms with Crippen LogP contribution in [0.2, 0.25) is 0 Å². The highest BCUT2D eigenvalue weighted by Gasteiger charge is 2.24. The first-order chi connectivity index (χ1) is 9.05. The largest absolute Gasteiger partial charge is 0.352 e. The number of hydrogen-bond donors (Lipinski definition) is 3. The molecule has 1 aliphatic heterocycles. The molecule has 110 valence electrons. The summed E-state index contributed by atoms with van der Waals surface area (Å²) < 4.78 is 25.9. The Morgan fingerprint density at radius 3 is 2.47 bits per heavy atom. The van der Waals surface area contributed by atoms with Crippen molar-refractivity contribution in [3.8, 4) is 0 Å². The second-order valence-corrected chi connectivity index (χ2v) is 7.39. The first-order valence-electron chi connectivity index (χ1n) is 7.02. The fraction of sp³-hybridized carbons (Fsp3) is 0.917. The van der Waals surface area contributed by atoms with Gasteiger partial charge < -0.3 is 10.6 Å². The molecule has 6 nitrogen and oxygen atoms in total. The molecule has 1 aliphatic carbocycles.